The highest BCUT2D eigenvalue weighted by atomic mass is 19.1. The molecular formula is C25H28FN5O5. The number of nitrogens with zero attached hydrogens (tertiary/aromatic N) is 3. The summed E-state index contributed by atoms with van der Waals surface area (Å²) in [5.41, 5.74) is -1.68. The average molecular weight is 498 g/mol. The van der Waals surface area contributed by atoms with Crippen LogP contribution in [0.15, 0.2) is 29.1 Å². The third-order valence-corrected chi connectivity index (χ3v) is 7.47. The van der Waals surface area contributed by atoms with Gasteiger partial charge in [0.2, 0.25) is 5.75 Å². The molecule has 11 heteroatoms. The van der Waals surface area contributed by atoms with Crippen molar-refractivity contribution in [3.05, 3.63) is 57.5 Å². The van der Waals surface area contributed by atoms with Gasteiger partial charge in [0.1, 0.15) is 11.6 Å². The van der Waals surface area contributed by atoms with Gasteiger partial charge < -0.3 is 20.6 Å². The number of carbonyl (C=O) groups excluding carboxylic acids is 3. The highest BCUT2D eigenvalue weighted by Crippen LogP contribution is 2.45. The van der Waals surface area contributed by atoms with Crippen LogP contribution in [-0.4, -0.2) is 50.4 Å². The van der Waals surface area contributed by atoms with Crippen LogP contribution in [0.2, 0.25) is 0 Å². The monoisotopic (exact) mass is 497 g/mol. The van der Waals surface area contributed by atoms with Crippen molar-refractivity contribution >= 4 is 17.7 Å². The van der Waals surface area contributed by atoms with Crippen LogP contribution in [0.3, 0.4) is 0 Å². The van der Waals surface area contributed by atoms with E-state index < -0.39 is 46.1 Å². The Labute approximate surface area is 206 Å². The molecule has 2 unspecified atom stereocenters. The van der Waals surface area contributed by atoms with Crippen molar-refractivity contribution in [2.45, 2.75) is 57.2 Å². The van der Waals surface area contributed by atoms with E-state index >= 15 is 0 Å². The Bertz CT molecular complexity index is 1270. The molecule has 3 N–H and O–H groups in total. The van der Waals surface area contributed by atoms with E-state index in [1.165, 1.54) is 33.7 Å². The number of carbonyl (C=O) groups is 3. The molecule has 190 valence electrons. The standard InChI is InChI=1S/C25H28FN5O5/c26-17-5-3-16(4-6-17)14-27-20(33)18-19(32)22(35)31-12-8-15-7-9-25(13-15,24(31)28-18)29-21(34)23(36)30-10-1-2-11-30/h3-6,15,32H,1-2,7-14H2,(H,27,33)(H,29,34). The van der Waals surface area contributed by atoms with Gasteiger partial charge in [-0.3, -0.25) is 23.7 Å². The molecule has 0 spiro atoms. The predicted octanol–water partition coefficient (Wildman–Crippen LogP) is 1.16. The minimum absolute atomic E-state index is 0.0347. The topological polar surface area (TPSA) is 134 Å². The quantitative estimate of drug-likeness (QED) is 0.543. The molecule has 2 atom stereocenters. The van der Waals surface area contributed by atoms with E-state index in [4.69, 9.17) is 0 Å². The van der Waals surface area contributed by atoms with Gasteiger partial charge in [-0.25, -0.2) is 9.37 Å². The molecule has 1 aromatic carbocycles. The van der Waals surface area contributed by atoms with Gasteiger partial charge in [0.05, 0.1) is 5.54 Å². The second-order valence-electron chi connectivity index (χ2n) is 9.83. The van der Waals surface area contributed by atoms with Gasteiger partial charge in [-0.15, -0.1) is 0 Å². The Kier molecular flexibility index (Phi) is 6.23. The van der Waals surface area contributed by atoms with Crippen LogP contribution < -0.4 is 16.2 Å². The van der Waals surface area contributed by atoms with E-state index in [-0.39, 0.29) is 24.8 Å². The van der Waals surface area contributed by atoms with E-state index in [0.29, 0.717) is 37.9 Å². The van der Waals surface area contributed by atoms with Crippen molar-refractivity contribution in [3.8, 4) is 5.75 Å². The summed E-state index contributed by atoms with van der Waals surface area (Å²) < 4.78 is 14.5. The van der Waals surface area contributed by atoms with Gasteiger partial charge in [0.15, 0.2) is 5.69 Å². The molecule has 2 aliphatic heterocycles. The summed E-state index contributed by atoms with van der Waals surface area (Å²) in [6.07, 6.45) is 4.08. The van der Waals surface area contributed by atoms with E-state index in [2.05, 4.69) is 15.6 Å². The Morgan fingerprint density at radius 1 is 1.11 bits per heavy atom. The Morgan fingerprint density at radius 3 is 2.56 bits per heavy atom. The number of rotatable bonds is 4. The van der Waals surface area contributed by atoms with Crippen molar-refractivity contribution < 1.29 is 23.9 Å². The number of likely N-dealkylation sites (tertiary alicyclic amines) is 1. The first-order valence-electron chi connectivity index (χ1n) is 12.3. The summed E-state index contributed by atoms with van der Waals surface area (Å²) in [4.78, 5) is 57.7. The summed E-state index contributed by atoms with van der Waals surface area (Å²) in [6.45, 7) is 1.38. The zero-order valence-electron chi connectivity index (χ0n) is 19.8. The van der Waals surface area contributed by atoms with Gasteiger partial charge in [-0.1, -0.05) is 12.1 Å². The van der Waals surface area contributed by atoms with Gasteiger partial charge >= 0.3 is 11.8 Å². The highest BCUT2D eigenvalue weighted by Gasteiger charge is 2.48. The molecule has 5 rings (SSSR count). The average Bonchev–Trinajstić information content (AvgIpc) is 3.51. The van der Waals surface area contributed by atoms with Crippen molar-refractivity contribution in [2.75, 3.05) is 13.1 Å². The van der Waals surface area contributed by atoms with Crippen molar-refractivity contribution in [3.63, 3.8) is 0 Å². The zero-order valence-corrected chi connectivity index (χ0v) is 19.8. The zero-order chi connectivity index (χ0) is 25.4. The predicted molar refractivity (Wildman–Crippen MR) is 125 cm³/mol. The lowest BCUT2D eigenvalue weighted by molar-refractivity contribution is -0.146. The lowest BCUT2D eigenvalue weighted by Crippen LogP contribution is -2.52. The molecule has 2 fully saturated rings. The molecule has 2 bridgehead atoms. The number of halogens is 1. The Balaban J connectivity index is 1.46. The van der Waals surface area contributed by atoms with Crippen LogP contribution >= 0.6 is 0 Å². The molecule has 1 aromatic heterocycles. The molecule has 3 aliphatic rings. The smallest absolute Gasteiger partial charge is 0.311 e. The highest BCUT2D eigenvalue weighted by molar-refractivity contribution is 6.35. The maximum absolute atomic E-state index is 13.2. The SMILES string of the molecule is O=C(NC12CCC(CCn3c1nc(C(=O)NCc1ccc(F)cc1)c(O)c3=O)C2)C(=O)N1CCCC1. The summed E-state index contributed by atoms with van der Waals surface area (Å²) in [5.74, 6) is -2.94. The Morgan fingerprint density at radius 2 is 1.83 bits per heavy atom. The normalized spacial score (nSPS) is 22.6. The first-order valence-corrected chi connectivity index (χ1v) is 12.3. The third kappa shape index (κ3) is 4.33. The fourth-order valence-corrected chi connectivity index (χ4v) is 5.56. The van der Waals surface area contributed by atoms with Crippen LogP contribution in [0.4, 0.5) is 4.39 Å². The number of fused-ring (bicyclic) bond motifs is 4. The van der Waals surface area contributed by atoms with Gasteiger partial charge in [0, 0.05) is 26.2 Å². The molecule has 3 heterocycles. The molecule has 36 heavy (non-hydrogen) atoms. The van der Waals surface area contributed by atoms with Crippen molar-refractivity contribution in [1.29, 1.82) is 0 Å². The van der Waals surface area contributed by atoms with Crippen LogP contribution in [0.5, 0.6) is 5.75 Å². The third-order valence-electron chi connectivity index (χ3n) is 7.47. The van der Waals surface area contributed by atoms with Crippen molar-refractivity contribution in [2.24, 2.45) is 5.92 Å². The minimum atomic E-state index is -1.09. The molecule has 10 nitrogen and oxygen atoms in total. The van der Waals surface area contributed by atoms with Crippen molar-refractivity contribution in [1.82, 2.24) is 25.1 Å². The summed E-state index contributed by atoms with van der Waals surface area (Å²) >= 11 is 0. The molecule has 1 saturated heterocycles. The van der Waals surface area contributed by atoms with Gasteiger partial charge in [0.25, 0.3) is 11.5 Å². The first-order chi connectivity index (χ1) is 17.3. The van der Waals surface area contributed by atoms with E-state index in [1.807, 2.05) is 0 Å². The number of nitrogens with one attached hydrogen (secondary N) is 2. The number of aromatic hydroxyl groups is 1. The number of amides is 3. The van der Waals surface area contributed by atoms with E-state index in [9.17, 15) is 28.7 Å². The van der Waals surface area contributed by atoms with Crippen LogP contribution in [0.1, 0.15) is 60.4 Å². The number of hydrogen-bond acceptors (Lipinski definition) is 6. The molecular weight excluding hydrogens is 469 g/mol. The van der Waals surface area contributed by atoms with Crippen LogP contribution in [0, 0.1) is 11.7 Å². The maximum atomic E-state index is 13.2. The van der Waals surface area contributed by atoms with E-state index in [1.54, 1.807) is 0 Å². The lowest BCUT2D eigenvalue weighted by atomic mass is 9.94. The number of hydrogen-bond donors (Lipinski definition) is 3. The summed E-state index contributed by atoms with van der Waals surface area (Å²) in [6, 6.07) is 5.54. The lowest BCUT2D eigenvalue weighted by Gasteiger charge is -2.31. The van der Waals surface area contributed by atoms with Crippen LogP contribution in [0.25, 0.3) is 0 Å². The summed E-state index contributed by atoms with van der Waals surface area (Å²) in [7, 11) is 0. The first kappa shape index (κ1) is 24.0. The molecule has 2 aromatic rings. The Hall–Kier alpha value is -3.76. The van der Waals surface area contributed by atoms with E-state index in [0.717, 1.165) is 19.3 Å². The fourth-order valence-electron chi connectivity index (χ4n) is 5.56. The van der Waals surface area contributed by atoms with Crippen LogP contribution in [-0.2, 0) is 28.2 Å². The fraction of sp³-hybridized carbons (Fsp3) is 0.480. The molecule has 1 saturated carbocycles. The number of benzene rings is 1. The molecule has 3 amide bonds. The number of aromatic nitrogens is 2. The second-order valence-corrected chi connectivity index (χ2v) is 9.83. The summed E-state index contributed by atoms with van der Waals surface area (Å²) in [5, 5.41) is 16.0. The minimum Gasteiger partial charge on any atom is -0.501 e. The molecule has 1 aliphatic carbocycles. The second kappa shape index (κ2) is 9.36. The maximum Gasteiger partial charge on any atom is 0.311 e. The van der Waals surface area contributed by atoms with Gasteiger partial charge in [-0.2, -0.15) is 0 Å². The largest absolute Gasteiger partial charge is 0.501 e. The molecule has 0 radical (unpaired) electrons. The van der Waals surface area contributed by atoms with Gasteiger partial charge in [-0.05, 0) is 62.1 Å².